The SMILES string of the molecule is CC(C)CCNC(=O)CN(C)C(C)CC(N)=S. The number of carbonyl (C=O) groups is 1. The molecule has 0 bridgehead atoms. The first-order valence-electron chi connectivity index (χ1n) is 6.08. The quantitative estimate of drug-likeness (QED) is 0.642. The predicted octanol–water partition coefficient (Wildman–Crippen LogP) is 1.15. The van der Waals surface area contributed by atoms with E-state index in [2.05, 4.69) is 19.2 Å². The second-order valence-electron chi connectivity index (χ2n) is 4.97. The maximum atomic E-state index is 11.6. The Bertz CT molecular complexity index is 256. The average molecular weight is 259 g/mol. The second kappa shape index (κ2) is 8.42. The van der Waals surface area contributed by atoms with Crippen molar-refractivity contribution in [1.29, 1.82) is 0 Å². The molecule has 17 heavy (non-hydrogen) atoms. The molecule has 0 rings (SSSR count). The van der Waals surface area contributed by atoms with Gasteiger partial charge in [-0.2, -0.15) is 0 Å². The summed E-state index contributed by atoms with van der Waals surface area (Å²) < 4.78 is 0. The molecule has 1 amide bonds. The van der Waals surface area contributed by atoms with E-state index in [9.17, 15) is 4.79 Å². The minimum Gasteiger partial charge on any atom is -0.393 e. The molecular weight excluding hydrogens is 234 g/mol. The number of amides is 1. The summed E-state index contributed by atoms with van der Waals surface area (Å²) in [4.78, 5) is 14.1. The number of carbonyl (C=O) groups excluding carboxylic acids is 1. The Balaban J connectivity index is 3.82. The van der Waals surface area contributed by atoms with E-state index in [4.69, 9.17) is 18.0 Å². The largest absolute Gasteiger partial charge is 0.393 e. The van der Waals surface area contributed by atoms with Crippen LogP contribution < -0.4 is 11.1 Å². The normalized spacial score (nSPS) is 12.8. The summed E-state index contributed by atoms with van der Waals surface area (Å²) in [5.41, 5.74) is 5.48. The molecule has 3 N–H and O–H groups in total. The van der Waals surface area contributed by atoms with Crippen molar-refractivity contribution in [1.82, 2.24) is 10.2 Å². The van der Waals surface area contributed by atoms with Gasteiger partial charge in [-0.3, -0.25) is 9.69 Å². The molecule has 0 aromatic rings. The fourth-order valence-electron chi connectivity index (χ4n) is 1.39. The Morgan fingerprint density at radius 1 is 1.41 bits per heavy atom. The third-order valence-electron chi connectivity index (χ3n) is 2.69. The number of nitrogens with one attached hydrogen (secondary N) is 1. The molecule has 0 aromatic carbocycles. The summed E-state index contributed by atoms with van der Waals surface area (Å²) in [6, 6.07) is 0.198. The zero-order valence-corrected chi connectivity index (χ0v) is 12.1. The van der Waals surface area contributed by atoms with Gasteiger partial charge in [0.2, 0.25) is 5.91 Å². The van der Waals surface area contributed by atoms with Crippen LogP contribution in [0, 0.1) is 5.92 Å². The number of hydrogen-bond donors (Lipinski definition) is 2. The molecule has 0 fully saturated rings. The van der Waals surface area contributed by atoms with E-state index >= 15 is 0 Å². The molecule has 0 spiro atoms. The molecule has 0 aliphatic carbocycles. The Hall–Kier alpha value is -0.680. The molecular formula is C12H25N3OS. The van der Waals surface area contributed by atoms with Crippen molar-refractivity contribution in [3.05, 3.63) is 0 Å². The Kier molecular flexibility index (Phi) is 8.08. The van der Waals surface area contributed by atoms with Crippen LogP contribution in [0.2, 0.25) is 0 Å². The van der Waals surface area contributed by atoms with Gasteiger partial charge in [0, 0.05) is 19.0 Å². The van der Waals surface area contributed by atoms with Crippen molar-refractivity contribution in [3.8, 4) is 0 Å². The third kappa shape index (κ3) is 9.06. The first-order valence-corrected chi connectivity index (χ1v) is 6.49. The molecule has 0 aromatic heterocycles. The fraction of sp³-hybridized carbons (Fsp3) is 0.833. The Morgan fingerprint density at radius 2 is 2.00 bits per heavy atom. The van der Waals surface area contributed by atoms with Crippen molar-refractivity contribution in [2.75, 3.05) is 20.1 Å². The molecule has 0 radical (unpaired) electrons. The van der Waals surface area contributed by atoms with E-state index in [1.54, 1.807) is 0 Å². The monoisotopic (exact) mass is 259 g/mol. The number of thiocarbonyl (C=S) groups is 1. The van der Waals surface area contributed by atoms with E-state index in [1.807, 2.05) is 18.9 Å². The summed E-state index contributed by atoms with van der Waals surface area (Å²) in [7, 11) is 1.91. The Labute approximate surface area is 110 Å². The van der Waals surface area contributed by atoms with Gasteiger partial charge in [-0.1, -0.05) is 26.1 Å². The lowest BCUT2D eigenvalue weighted by molar-refractivity contribution is -0.122. The van der Waals surface area contributed by atoms with Crippen LogP contribution in [0.5, 0.6) is 0 Å². The first kappa shape index (κ1) is 16.3. The number of rotatable bonds is 8. The standard InChI is InChI=1S/C12H25N3OS/c1-9(2)5-6-14-12(16)8-15(4)10(3)7-11(13)17/h9-10H,5-8H2,1-4H3,(H2,13,17)(H,14,16). The van der Waals surface area contributed by atoms with E-state index in [0.717, 1.165) is 13.0 Å². The van der Waals surface area contributed by atoms with Gasteiger partial charge in [0.1, 0.15) is 0 Å². The maximum Gasteiger partial charge on any atom is 0.234 e. The average Bonchev–Trinajstić information content (AvgIpc) is 2.15. The lowest BCUT2D eigenvalue weighted by atomic mass is 10.1. The van der Waals surface area contributed by atoms with Crippen LogP contribution in [0.15, 0.2) is 0 Å². The molecule has 0 aliphatic heterocycles. The van der Waals surface area contributed by atoms with Gasteiger partial charge >= 0.3 is 0 Å². The van der Waals surface area contributed by atoms with Crippen LogP contribution in [0.3, 0.4) is 0 Å². The maximum absolute atomic E-state index is 11.6. The molecule has 0 saturated heterocycles. The van der Waals surface area contributed by atoms with Crippen molar-refractivity contribution < 1.29 is 4.79 Å². The molecule has 4 nitrogen and oxygen atoms in total. The Morgan fingerprint density at radius 3 is 2.47 bits per heavy atom. The van der Waals surface area contributed by atoms with Crippen LogP contribution in [0.25, 0.3) is 0 Å². The van der Waals surface area contributed by atoms with E-state index in [0.29, 0.717) is 23.9 Å². The van der Waals surface area contributed by atoms with Gasteiger partial charge < -0.3 is 11.1 Å². The highest BCUT2D eigenvalue weighted by atomic mass is 32.1. The molecule has 1 unspecified atom stereocenters. The van der Waals surface area contributed by atoms with Gasteiger partial charge in [-0.15, -0.1) is 0 Å². The zero-order chi connectivity index (χ0) is 13.4. The lowest BCUT2D eigenvalue weighted by Gasteiger charge is -2.23. The number of likely N-dealkylation sites (N-methyl/N-ethyl adjacent to an activating group) is 1. The van der Waals surface area contributed by atoms with Crippen LogP contribution in [0.4, 0.5) is 0 Å². The molecule has 0 saturated carbocycles. The van der Waals surface area contributed by atoms with Crippen LogP contribution in [0.1, 0.15) is 33.6 Å². The fourth-order valence-corrected chi connectivity index (χ4v) is 1.63. The topological polar surface area (TPSA) is 58.4 Å². The van der Waals surface area contributed by atoms with Crippen LogP contribution in [-0.4, -0.2) is 42.0 Å². The van der Waals surface area contributed by atoms with Crippen LogP contribution >= 0.6 is 12.2 Å². The van der Waals surface area contributed by atoms with Crippen molar-refractivity contribution >= 4 is 23.1 Å². The summed E-state index contributed by atoms with van der Waals surface area (Å²) >= 11 is 4.85. The first-order chi connectivity index (χ1) is 7.82. The highest BCUT2D eigenvalue weighted by molar-refractivity contribution is 7.80. The van der Waals surface area contributed by atoms with Crippen molar-refractivity contribution in [3.63, 3.8) is 0 Å². The van der Waals surface area contributed by atoms with Crippen LogP contribution in [-0.2, 0) is 4.79 Å². The highest BCUT2D eigenvalue weighted by Crippen LogP contribution is 2.01. The van der Waals surface area contributed by atoms with Crippen molar-refractivity contribution in [2.45, 2.75) is 39.7 Å². The smallest absolute Gasteiger partial charge is 0.234 e. The molecule has 5 heteroatoms. The minimum atomic E-state index is 0.0583. The minimum absolute atomic E-state index is 0.0583. The number of nitrogens with two attached hydrogens (primary N) is 1. The molecule has 0 heterocycles. The van der Waals surface area contributed by atoms with Gasteiger partial charge in [-0.05, 0) is 26.3 Å². The summed E-state index contributed by atoms with van der Waals surface area (Å²) in [6.45, 7) is 7.43. The van der Waals surface area contributed by atoms with Gasteiger partial charge in [-0.25, -0.2) is 0 Å². The summed E-state index contributed by atoms with van der Waals surface area (Å²) in [6.07, 6.45) is 1.66. The molecule has 1 atom stereocenters. The lowest BCUT2D eigenvalue weighted by Crippen LogP contribution is -2.41. The highest BCUT2D eigenvalue weighted by Gasteiger charge is 2.13. The number of hydrogen-bond acceptors (Lipinski definition) is 3. The van der Waals surface area contributed by atoms with Crippen molar-refractivity contribution in [2.24, 2.45) is 11.7 Å². The summed E-state index contributed by atoms with van der Waals surface area (Å²) in [5, 5.41) is 2.91. The van der Waals surface area contributed by atoms with E-state index in [-0.39, 0.29) is 11.9 Å². The second-order valence-corrected chi connectivity index (χ2v) is 5.49. The molecule has 100 valence electrons. The van der Waals surface area contributed by atoms with Gasteiger partial charge in [0.15, 0.2) is 0 Å². The predicted molar refractivity (Wildman–Crippen MR) is 76.0 cm³/mol. The number of nitrogens with zero attached hydrogens (tertiary/aromatic N) is 1. The van der Waals surface area contributed by atoms with E-state index in [1.165, 1.54) is 0 Å². The third-order valence-corrected chi connectivity index (χ3v) is 2.85. The van der Waals surface area contributed by atoms with Gasteiger partial charge in [0.25, 0.3) is 0 Å². The van der Waals surface area contributed by atoms with E-state index < -0.39 is 0 Å². The zero-order valence-electron chi connectivity index (χ0n) is 11.3. The van der Waals surface area contributed by atoms with Gasteiger partial charge in [0.05, 0.1) is 11.5 Å². The summed E-state index contributed by atoms with van der Waals surface area (Å²) in [5.74, 6) is 0.671. The molecule has 0 aliphatic rings.